The van der Waals surface area contributed by atoms with Gasteiger partial charge >= 0.3 is 0 Å². The number of anilines is 1. The topological polar surface area (TPSA) is 20.3 Å². The van der Waals surface area contributed by atoms with Gasteiger partial charge in [-0.05, 0) is 42.9 Å². The van der Waals surface area contributed by atoms with Crippen LogP contribution < -0.4 is 4.90 Å². The van der Waals surface area contributed by atoms with Gasteiger partial charge < -0.3 is 4.90 Å². The van der Waals surface area contributed by atoms with Crippen LogP contribution in [-0.4, -0.2) is 18.9 Å². The number of para-hydroxylation sites is 1. The summed E-state index contributed by atoms with van der Waals surface area (Å²) in [4.78, 5) is 14.3. The largest absolute Gasteiger partial charge is 0.370 e. The van der Waals surface area contributed by atoms with Crippen molar-refractivity contribution < 1.29 is 4.79 Å². The van der Waals surface area contributed by atoms with E-state index in [9.17, 15) is 4.79 Å². The molecule has 1 aliphatic carbocycles. The van der Waals surface area contributed by atoms with Crippen LogP contribution >= 0.6 is 0 Å². The molecule has 0 N–H and O–H groups in total. The molecule has 2 aliphatic rings. The summed E-state index contributed by atoms with van der Waals surface area (Å²) in [5.74, 6) is 0.439. The number of Topliss-reactive ketones (excluding diaryl/α,β-unsaturated/α-hetero) is 1. The van der Waals surface area contributed by atoms with Crippen LogP contribution in [-0.2, 0) is 16.6 Å². The van der Waals surface area contributed by atoms with Crippen molar-refractivity contribution in [2.24, 2.45) is 0 Å². The average Bonchev–Trinajstić information content (AvgIpc) is 2.86. The predicted octanol–water partition coefficient (Wildman–Crippen LogP) is 4.52. The van der Waals surface area contributed by atoms with E-state index >= 15 is 0 Å². The van der Waals surface area contributed by atoms with Crippen LogP contribution in [0.5, 0.6) is 0 Å². The third kappa shape index (κ3) is 2.45. The number of benzene rings is 2. The van der Waals surface area contributed by atoms with Gasteiger partial charge in [-0.15, -0.1) is 0 Å². The zero-order valence-corrected chi connectivity index (χ0v) is 14.4. The lowest BCUT2D eigenvalue weighted by molar-refractivity contribution is -0.121. The summed E-state index contributed by atoms with van der Waals surface area (Å²) in [6.07, 6.45) is 5.73. The Labute approximate surface area is 144 Å². The number of aryl methyl sites for hydroxylation is 1. The fourth-order valence-corrected chi connectivity index (χ4v) is 4.92. The van der Waals surface area contributed by atoms with Crippen molar-refractivity contribution >= 4 is 11.5 Å². The van der Waals surface area contributed by atoms with Gasteiger partial charge in [-0.1, -0.05) is 48.5 Å². The molecular weight excluding hydrogens is 294 g/mol. The lowest BCUT2D eigenvalue weighted by Crippen LogP contribution is -2.46. The second-order valence-corrected chi connectivity index (χ2v) is 7.36. The first-order valence-electron chi connectivity index (χ1n) is 9.09. The minimum Gasteiger partial charge on any atom is -0.370 e. The number of likely N-dealkylation sites (N-methyl/N-ethyl adjacent to an activating group) is 1. The number of hydrogen-bond donors (Lipinski definition) is 0. The maximum Gasteiger partial charge on any atom is 0.132 e. The fourth-order valence-electron chi connectivity index (χ4n) is 4.92. The van der Waals surface area contributed by atoms with Gasteiger partial charge in [-0.2, -0.15) is 0 Å². The van der Waals surface area contributed by atoms with Crippen LogP contribution in [0.15, 0.2) is 54.6 Å². The van der Waals surface area contributed by atoms with Crippen LogP contribution in [0.1, 0.15) is 43.2 Å². The van der Waals surface area contributed by atoms with E-state index in [-0.39, 0.29) is 5.41 Å². The van der Waals surface area contributed by atoms with Gasteiger partial charge in [0.05, 0.1) is 0 Å². The molecule has 0 radical (unpaired) electrons. The van der Waals surface area contributed by atoms with E-state index < -0.39 is 0 Å². The van der Waals surface area contributed by atoms with Crippen LogP contribution in [0, 0.1) is 0 Å². The molecular formula is C22H25NO. The number of carbonyl (C=O) groups is 1. The third-order valence-corrected chi connectivity index (χ3v) is 6.17. The molecule has 1 spiro atoms. The standard InChI is InChI=1S/C22H25NO/c1-23-20-10-6-5-9-19(20)22(15-13-18(24)14-16-22)21(23)12-11-17-7-3-2-4-8-17/h2-10,21H,11-16H2,1H3. The number of hydrogen-bond acceptors (Lipinski definition) is 2. The molecule has 24 heavy (non-hydrogen) atoms. The maximum atomic E-state index is 11.9. The average molecular weight is 319 g/mol. The van der Waals surface area contributed by atoms with E-state index in [4.69, 9.17) is 0 Å². The molecule has 4 rings (SSSR count). The molecule has 2 nitrogen and oxygen atoms in total. The van der Waals surface area contributed by atoms with Gasteiger partial charge in [0.15, 0.2) is 0 Å². The van der Waals surface area contributed by atoms with Gasteiger partial charge in [0, 0.05) is 37.0 Å². The Morgan fingerprint density at radius 1 is 1.00 bits per heavy atom. The number of nitrogens with zero attached hydrogens (tertiary/aromatic N) is 1. The van der Waals surface area contributed by atoms with E-state index in [1.54, 1.807) is 0 Å². The Kier molecular flexibility index (Phi) is 3.91. The first-order valence-corrected chi connectivity index (χ1v) is 9.09. The molecule has 0 aromatic heterocycles. The highest BCUT2D eigenvalue weighted by atomic mass is 16.1. The molecule has 1 fully saturated rings. The minimum absolute atomic E-state index is 0.161. The van der Waals surface area contributed by atoms with E-state index in [0.29, 0.717) is 11.8 Å². The quantitative estimate of drug-likeness (QED) is 0.829. The van der Waals surface area contributed by atoms with Crippen molar-refractivity contribution in [2.75, 3.05) is 11.9 Å². The van der Waals surface area contributed by atoms with Gasteiger partial charge in [-0.25, -0.2) is 0 Å². The molecule has 1 atom stereocenters. The predicted molar refractivity (Wildman–Crippen MR) is 98.5 cm³/mol. The van der Waals surface area contributed by atoms with E-state index in [2.05, 4.69) is 66.5 Å². The van der Waals surface area contributed by atoms with E-state index in [1.807, 2.05) is 0 Å². The van der Waals surface area contributed by atoms with Crippen LogP contribution in [0.4, 0.5) is 5.69 Å². The molecule has 0 amide bonds. The Balaban J connectivity index is 1.65. The Morgan fingerprint density at radius 3 is 2.42 bits per heavy atom. The zero-order valence-electron chi connectivity index (χ0n) is 14.4. The Bertz CT molecular complexity index is 727. The SMILES string of the molecule is CN1c2ccccc2C2(CCC(=O)CC2)C1CCc1ccccc1. The summed E-state index contributed by atoms with van der Waals surface area (Å²) in [6.45, 7) is 0. The Morgan fingerprint density at radius 2 is 1.67 bits per heavy atom. The lowest BCUT2D eigenvalue weighted by atomic mass is 9.65. The molecule has 2 aromatic rings. The fraction of sp³-hybridized carbons (Fsp3) is 0.409. The summed E-state index contributed by atoms with van der Waals surface area (Å²) in [5, 5.41) is 0. The maximum absolute atomic E-state index is 11.9. The van der Waals surface area contributed by atoms with Crippen molar-refractivity contribution in [3.05, 3.63) is 65.7 Å². The summed E-state index contributed by atoms with van der Waals surface area (Å²) < 4.78 is 0. The minimum atomic E-state index is 0.161. The molecule has 124 valence electrons. The number of ketones is 1. The highest BCUT2D eigenvalue weighted by Gasteiger charge is 2.50. The molecule has 1 unspecified atom stereocenters. The first kappa shape index (κ1) is 15.4. The highest BCUT2D eigenvalue weighted by Crippen LogP contribution is 2.53. The summed E-state index contributed by atoms with van der Waals surface area (Å²) >= 11 is 0. The van der Waals surface area contributed by atoms with Crippen LogP contribution in [0.2, 0.25) is 0 Å². The molecule has 0 saturated heterocycles. The number of fused-ring (bicyclic) bond motifs is 2. The molecule has 1 heterocycles. The van der Waals surface area contributed by atoms with Crippen molar-refractivity contribution in [1.29, 1.82) is 0 Å². The second kappa shape index (κ2) is 6.08. The lowest BCUT2D eigenvalue weighted by Gasteiger charge is -2.41. The molecule has 2 aromatic carbocycles. The number of rotatable bonds is 3. The van der Waals surface area contributed by atoms with Gasteiger partial charge in [0.2, 0.25) is 0 Å². The van der Waals surface area contributed by atoms with E-state index in [1.165, 1.54) is 16.8 Å². The monoisotopic (exact) mass is 319 g/mol. The second-order valence-electron chi connectivity index (χ2n) is 7.36. The molecule has 2 heteroatoms. The smallest absolute Gasteiger partial charge is 0.132 e. The number of carbonyl (C=O) groups excluding carboxylic acids is 1. The van der Waals surface area contributed by atoms with Crippen LogP contribution in [0.25, 0.3) is 0 Å². The van der Waals surface area contributed by atoms with Crippen molar-refractivity contribution in [2.45, 2.75) is 50.0 Å². The normalized spacial score (nSPS) is 22.0. The molecule has 0 bridgehead atoms. The van der Waals surface area contributed by atoms with E-state index in [0.717, 1.165) is 38.5 Å². The summed E-state index contributed by atoms with van der Waals surface area (Å²) in [5.41, 5.74) is 4.40. The summed E-state index contributed by atoms with van der Waals surface area (Å²) in [7, 11) is 2.24. The van der Waals surface area contributed by atoms with Crippen molar-refractivity contribution in [3.8, 4) is 0 Å². The van der Waals surface area contributed by atoms with Crippen molar-refractivity contribution in [3.63, 3.8) is 0 Å². The zero-order chi connectivity index (χ0) is 16.6. The Hall–Kier alpha value is -2.09. The molecule has 1 saturated carbocycles. The van der Waals surface area contributed by atoms with Gasteiger partial charge in [0.25, 0.3) is 0 Å². The summed E-state index contributed by atoms with van der Waals surface area (Å²) in [6, 6.07) is 20.1. The van der Waals surface area contributed by atoms with Crippen LogP contribution in [0.3, 0.4) is 0 Å². The third-order valence-electron chi connectivity index (χ3n) is 6.17. The first-order chi connectivity index (χ1) is 11.7. The van der Waals surface area contributed by atoms with Gasteiger partial charge in [-0.3, -0.25) is 4.79 Å². The highest BCUT2D eigenvalue weighted by molar-refractivity contribution is 5.80. The van der Waals surface area contributed by atoms with Gasteiger partial charge in [0.1, 0.15) is 5.78 Å². The molecule has 1 aliphatic heterocycles. The van der Waals surface area contributed by atoms with Crippen molar-refractivity contribution in [1.82, 2.24) is 0 Å².